The van der Waals surface area contributed by atoms with E-state index in [1.807, 2.05) is 0 Å². The second-order valence-corrected chi connectivity index (χ2v) is 5.70. The van der Waals surface area contributed by atoms with Crippen LogP contribution in [0.15, 0.2) is 29.4 Å². The highest BCUT2D eigenvalue weighted by Crippen LogP contribution is 2.26. The Hall–Kier alpha value is -1.95. The predicted molar refractivity (Wildman–Crippen MR) is 80.9 cm³/mol. The van der Waals surface area contributed by atoms with E-state index >= 15 is 0 Å². The molecule has 1 aromatic carbocycles. The molecule has 0 bridgehead atoms. The Balaban J connectivity index is 1.59. The van der Waals surface area contributed by atoms with Gasteiger partial charge in [0.25, 0.3) is 0 Å². The number of ether oxygens (including phenoxy) is 1. The van der Waals surface area contributed by atoms with E-state index in [0.717, 1.165) is 31.0 Å². The summed E-state index contributed by atoms with van der Waals surface area (Å²) in [4.78, 5) is 8.31. The number of aromatic nitrogens is 2. The SMILES string of the molecule is Nc1cc(N)nc(SCCc2ccc3c(c2)CCO3)n1. The maximum atomic E-state index is 5.65. The van der Waals surface area contributed by atoms with Gasteiger partial charge in [0.05, 0.1) is 6.61 Å². The fourth-order valence-electron chi connectivity index (χ4n) is 2.18. The van der Waals surface area contributed by atoms with E-state index in [2.05, 4.69) is 28.2 Å². The molecule has 0 aliphatic carbocycles. The third-order valence-electron chi connectivity index (χ3n) is 3.12. The van der Waals surface area contributed by atoms with Gasteiger partial charge in [-0.25, -0.2) is 9.97 Å². The number of hydrogen-bond donors (Lipinski definition) is 2. The summed E-state index contributed by atoms with van der Waals surface area (Å²) in [7, 11) is 0. The number of nitrogen functional groups attached to an aromatic ring is 2. The average Bonchev–Trinajstić information content (AvgIpc) is 2.85. The normalized spacial score (nSPS) is 13.0. The van der Waals surface area contributed by atoms with E-state index in [0.29, 0.717) is 16.8 Å². The monoisotopic (exact) mass is 288 g/mol. The first kappa shape index (κ1) is 13.1. The van der Waals surface area contributed by atoms with Gasteiger partial charge in [-0.3, -0.25) is 0 Å². The van der Waals surface area contributed by atoms with Crippen LogP contribution in [0.25, 0.3) is 0 Å². The van der Waals surface area contributed by atoms with Gasteiger partial charge in [0.1, 0.15) is 17.4 Å². The molecule has 4 N–H and O–H groups in total. The zero-order chi connectivity index (χ0) is 13.9. The van der Waals surface area contributed by atoms with Crippen molar-refractivity contribution in [3.05, 3.63) is 35.4 Å². The summed E-state index contributed by atoms with van der Waals surface area (Å²) in [5.74, 6) is 2.74. The molecule has 0 spiro atoms. The molecule has 104 valence electrons. The highest BCUT2D eigenvalue weighted by molar-refractivity contribution is 7.99. The predicted octanol–water partition coefficient (Wildman–Crippen LogP) is 1.91. The fraction of sp³-hybridized carbons (Fsp3) is 0.286. The number of thioether (sulfide) groups is 1. The highest BCUT2D eigenvalue weighted by atomic mass is 32.2. The zero-order valence-electron chi connectivity index (χ0n) is 11.0. The lowest BCUT2D eigenvalue weighted by Crippen LogP contribution is -2.00. The molecule has 0 atom stereocenters. The molecule has 20 heavy (non-hydrogen) atoms. The quantitative estimate of drug-likeness (QED) is 0.660. The van der Waals surface area contributed by atoms with Crippen LogP contribution in [0.1, 0.15) is 11.1 Å². The molecular weight excluding hydrogens is 272 g/mol. The number of aryl methyl sites for hydroxylation is 1. The van der Waals surface area contributed by atoms with Crippen LogP contribution >= 0.6 is 11.8 Å². The molecule has 0 radical (unpaired) electrons. The Morgan fingerprint density at radius 3 is 2.75 bits per heavy atom. The van der Waals surface area contributed by atoms with Gasteiger partial charge < -0.3 is 16.2 Å². The van der Waals surface area contributed by atoms with Crippen molar-refractivity contribution in [3.63, 3.8) is 0 Å². The van der Waals surface area contributed by atoms with Gasteiger partial charge in [-0.05, 0) is 23.6 Å². The first-order chi connectivity index (χ1) is 9.70. The minimum Gasteiger partial charge on any atom is -0.493 e. The lowest BCUT2D eigenvalue weighted by atomic mass is 10.1. The molecule has 3 rings (SSSR count). The van der Waals surface area contributed by atoms with Crippen LogP contribution in [0.2, 0.25) is 0 Å². The molecular formula is C14H16N4OS. The third kappa shape index (κ3) is 2.96. The van der Waals surface area contributed by atoms with E-state index < -0.39 is 0 Å². The molecule has 2 heterocycles. The van der Waals surface area contributed by atoms with Gasteiger partial charge in [0.2, 0.25) is 0 Å². The number of anilines is 2. The average molecular weight is 288 g/mol. The standard InChI is InChI=1S/C14H16N4OS/c15-12-8-13(16)18-14(17-12)20-6-4-9-1-2-11-10(7-9)3-5-19-11/h1-2,7-8H,3-6H2,(H4,15,16,17,18). The Morgan fingerprint density at radius 2 is 1.95 bits per heavy atom. The number of nitrogens with two attached hydrogens (primary N) is 2. The van der Waals surface area contributed by atoms with E-state index in [9.17, 15) is 0 Å². The summed E-state index contributed by atoms with van der Waals surface area (Å²) in [6.07, 6.45) is 1.96. The van der Waals surface area contributed by atoms with Crippen LogP contribution in [0.3, 0.4) is 0 Å². The minimum atomic E-state index is 0.412. The number of rotatable bonds is 4. The van der Waals surface area contributed by atoms with Gasteiger partial charge in [-0.2, -0.15) is 0 Å². The summed E-state index contributed by atoms with van der Waals surface area (Å²) >= 11 is 1.56. The minimum absolute atomic E-state index is 0.412. The van der Waals surface area contributed by atoms with Crippen LogP contribution in [0, 0.1) is 0 Å². The van der Waals surface area contributed by atoms with Crippen LogP contribution in [0.4, 0.5) is 11.6 Å². The van der Waals surface area contributed by atoms with Crippen molar-refractivity contribution in [2.24, 2.45) is 0 Å². The zero-order valence-corrected chi connectivity index (χ0v) is 11.8. The third-order valence-corrected chi connectivity index (χ3v) is 3.97. The molecule has 0 unspecified atom stereocenters. The van der Waals surface area contributed by atoms with Crippen LogP contribution in [-0.2, 0) is 12.8 Å². The summed E-state index contributed by atoms with van der Waals surface area (Å²) in [6.45, 7) is 0.796. The van der Waals surface area contributed by atoms with E-state index in [4.69, 9.17) is 16.2 Å². The smallest absolute Gasteiger partial charge is 0.191 e. The number of fused-ring (bicyclic) bond motifs is 1. The molecule has 1 aromatic heterocycles. The Labute approximate surface area is 121 Å². The molecule has 6 heteroatoms. The second-order valence-electron chi connectivity index (χ2n) is 4.64. The van der Waals surface area contributed by atoms with Crippen molar-refractivity contribution < 1.29 is 4.74 Å². The molecule has 0 saturated carbocycles. The Kier molecular flexibility index (Phi) is 3.64. The number of benzene rings is 1. The lowest BCUT2D eigenvalue weighted by molar-refractivity contribution is 0.357. The maximum absolute atomic E-state index is 5.65. The lowest BCUT2D eigenvalue weighted by Gasteiger charge is -2.05. The van der Waals surface area contributed by atoms with Gasteiger partial charge >= 0.3 is 0 Å². The molecule has 1 aliphatic heterocycles. The van der Waals surface area contributed by atoms with Crippen molar-refractivity contribution in [1.29, 1.82) is 0 Å². The summed E-state index contributed by atoms with van der Waals surface area (Å²) in [5, 5.41) is 0.631. The van der Waals surface area contributed by atoms with Crippen molar-refractivity contribution in [3.8, 4) is 5.75 Å². The van der Waals surface area contributed by atoms with Crippen molar-refractivity contribution in [2.75, 3.05) is 23.8 Å². The van der Waals surface area contributed by atoms with Gasteiger partial charge in [0.15, 0.2) is 5.16 Å². The Bertz CT molecular complexity index is 612. The van der Waals surface area contributed by atoms with Gasteiger partial charge in [-0.1, -0.05) is 23.9 Å². The fourth-order valence-corrected chi connectivity index (χ4v) is 3.04. The number of nitrogens with zero attached hydrogens (tertiary/aromatic N) is 2. The van der Waals surface area contributed by atoms with Crippen molar-refractivity contribution in [1.82, 2.24) is 9.97 Å². The van der Waals surface area contributed by atoms with Crippen molar-refractivity contribution >= 4 is 23.4 Å². The van der Waals surface area contributed by atoms with Gasteiger partial charge in [-0.15, -0.1) is 0 Å². The summed E-state index contributed by atoms with van der Waals surface area (Å²) in [6, 6.07) is 7.94. The van der Waals surface area contributed by atoms with Crippen molar-refractivity contribution in [2.45, 2.75) is 18.0 Å². The van der Waals surface area contributed by atoms with Gasteiger partial charge in [0, 0.05) is 18.2 Å². The summed E-state index contributed by atoms with van der Waals surface area (Å²) in [5.41, 5.74) is 13.9. The number of hydrogen-bond acceptors (Lipinski definition) is 6. The first-order valence-electron chi connectivity index (χ1n) is 6.48. The molecule has 5 nitrogen and oxygen atoms in total. The Morgan fingerprint density at radius 1 is 1.15 bits per heavy atom. The van der Waals surface area contributed by atoms with Crippen LogP contribution in [0.5, 0.6) is 5.75 Å². The van der Waals surface area contributed by atoms with Crippen LogP contribution < -0.4 is 16.2 Å². The maximum Gasteiger partial charge on any atom is 0.191 e. The van der Waals surface area contributed by atoms with E-state index in [1.54, 1.807) is 17.8 Å². The first-order valence-corrected chi connectivity index (χ1v) is 7.47. The van der Waals surface area contributed by atoms with E-state index in [1.165, 1.54) is 11.1 Å². The highest BCUT2D eigenvalue weighted by Gasteiger charge is 2.11. The van der Waals surface area contributed by atoms with E-state index in [-0.39, 0.29) is 0 Å². The topological polar surface area (TPSA) is 87.1 Å². The largest absolute Gasteiger partial charge is 0.493 e. The molecule has 1 aliphatic rings. The second kappa shape index (κ2) is 5.58. The molecule has 0 fully saturated rings. The molecule has 0 amide bonds. The molecule has 0 saturated heterocycles. The summed E-state index contributed by atoms with van der Waals surface area (Å²) < 4.78 is 5.50. The molecule has 2 aromatic rings. The van der Waals surface area contributed by atoms with Crippen LogP contribution in [-0.4, -0.2) is 22.3 Å².